The van der Waals surface area contributed by atoms with E-state index in [0.717, 1.165) is 0 Å². The van der Waals surface area contributed by atoms with Crippen molar-refractivity contribution in [3.63, 3.8) is 0 Å². The second kappa shape index (κ2) is 36.0. The lowest BCUT2D eigenvalue weighted by Gasteiger charge is -1.89. The molecule has 0 amide bonds. The normalized spacial score (nSPS) is 10.7. The van der Waals surface area contributed by atoms with Crippen molar-refractivity contribution in [2.75, 3.05) is 0 Å². The Labute approximate surface area is 125 Å². The van der Waals surface area contributed by atoms with Crippen LogP contribution >= 0.6 is 12.6 Å². The van der Waals surface area contributed by atoms with Crippen molar-refractivity contribution in [1.82, 2.24) is 0 Å². The van der Waals surface area contributed by atoms with Gasteiger partial charge in [-0.25, -0.2) is 0 Å². The third-order valence-electron chi connectivity index (χ3n) is 0.940. The lowest BCUT2D eigenvalue weighted by atomic mass is 10.3. The second-order valence-electron chi connectivity index (χ2n) is 3.38. The van der Waals surface area contributed by atoms with Crippen molar-refractivity contribution in [2.45, 2.75) is 47.1 Å². The largest absolute Gasteiger partial charge is 0.325 e. The van der Waals surface area contributed by atoms with E-state index in [9.17, 15) is 0 Å². The number of thiol groups is 1. The number of carbonyl (C=O) groups excluding carboxylic acids is 1. The topological polar surface area (TPSA) is 43.1 Å². The Hall–Kier alpha value is -1.06. The molecule has 0 aliphatic carbocycles. The highest BCUT2D eigenvalue weighted by atomic mass is 32.1. The van der Waals surface area contributed by atoms with E-state index in [1.807, 2.05) is 57.2 Å². The van der Waals surface area contributed by atoms with E-state index >= 15 is 0 Å². The predicted octanol–water partition coefficient (Wildman–Crippen LogP) is 4.74. The van der Waals surface area contributed by atoms with E-state index in [1.54, 1.807) is 6.08 Å². The first kappa shape index (κ1) is 26.5. The fourth-order valence-corrected chi connectivity index (χ4v) is 0.479. The van der Waals surface area contributed by atoms with E-state index < -0.39 is 0 Å². The van der Waals surface area contributed by atoms with Gasteiger partial charge in [-0.05, 0) is 20.8 Å². The summed E-state index contributed by atoms with van der Waals surface area (Å²) in [4.78, 5) is 8.67. The fraction of sp³-hybridized carbons (Fsp3) is 0.438. The highest BCUT2D eigenvalue weighted by molar-refractivity contribution is 7.94. The van der Waals surface area contributed by atoms with E-state index in [2.05, 4.69) is 33.1 Å². The summed E-state index contributed by atoms with van der Waals surface area (Å²) in [6.07, 6.45) is 14.8. The minimum absolute atomic E-state index is 0.148. The molecule has 0 aromatic heterocycles. The van der Waals surface area contributed by atoms with Gasteiger partial charge < -0.3 is 5.73 Å². The van der Waals surface area contributed by atoms with Gasteiger partial charge in [0.25, 0.3) is 0 Å². The molecule has 0 bridgehead atoms. The average Bonchev–Trinajstić information content (AvgIpc) is 2.31. The molecule has 0 aromatic rings. The Bertz CT molecular complexity index is 225. The van der Waals surface area contributed by atoms with Gasteiger partial charge in [0.05, 0.1) is 0 Å². The zero-order valence-corrected chi connectivity index (χ0v) is 13.9. The van der Waals surface area contributed by atoms with Crippen molar-refractivity contribution >= 4 is 18.2 Å². The summed E-state index contributed by atoms with van der Waals surface area (Å²) in [5.74, 6) is 0. The number of rotatable bonds is 3. The first-order valence-electron chi connectivity index (χ1n) is 6.38. The van der Waals surface area contributed by atoms with Gasteiger partial charge >= 0.3 is 0 Å². The molecule has 2 nitrogen and oxygen atoms in total. The minimum Gasteiger partial charge on any atom is -0.325 e. The molecule has 0 saturated carbocycles. The van der Waals surface area contributed by atoms with Gasteiger partial charge in [0.2, 0.25) is 0 Å². The van der Waals surface area contributed by atoms with Crippen LogP contribution in [0, 0.1) is 0 Å². The molecule has 112 valence electrons. The summed E-state index contributed by atoms with van der Waals surface area (Å²) in [6.45, 7) is 13.4. The van der Waals surface area contributed by atoms with Crippen molar-refractivity contribution < 1.29 is 4.79 Å². The average molecular weight is 285 g/mol. The molecule has 1 unspecified atom stereocenters. The van der Waals surface area contributed by atoms with Gasteiger partial charge in [-0.15, -0.1) is 19.2 Å². The van der Waals surface area contributed by atoms with Gasteiger partial charge in [-0.3, -0.25) is 4.79 Å². The third kappa shape index (κ3) is 107. The standard InChI is InChI=1S/C9H15N.C3H8.C3H6.CH2OS/c1-3-4-5-6-7-8-9(2)10;2*1-3-2;2-1-3/h3-9H,10H2,1-2H3;3H2,1-2H3;3H,1H2,2H3;1H,(H,2,3)/b4-3-,6-5-,8-7+;;;. The zero-order chi connectivity index (χ0) is 15.9. The first-order valence-corrected chi connectivity index (χ1v) is 6.90. The van der Waals surface area contributed by atoms with Gasteiger partial charge in [-0.1, -0.05) is 62.8 Å². The minimum atomic E-state index is 0.148. The van der Waals surface area contributed by atoms with Gasteiger partial charge in [-0.2, -0.15) is 0 Å². The lowest BCUT2D eigenvalue weighted by molar-refractivity contribution is 0.570. The van der Waals surface area contributed by atoms with Crippen LogP contribution in [-0.2, 0) is 4.79 Å². The van der Waals surface area contributed by atoms with Gasteiger partial charge in [0.15, 0.2) is 5.62 Å². The van der Waals surface area contributed by atoms with Crippen molar-refractivity contribution in [3.05, 3.63) is 49.1 Å². The molecule has 3 heteroatoms. The van der Waals surface area contributed by atoms with E-state index in [0.29, 0.717) is 5.62 Å². The SMILES string of the molecule is C=CC.CCC.C\C=C/C=C\C=C\C(C)N.O=CS. The maximum atomic E-state index is 8.67. The first-order chi connectivity index (χ1) is 9.01. The van der Waals surface area contributed by atoms with E-state index in [1.165, 1.54) is 6.42 Å². The molecule has 0 fully saturated rings. The molecule has 19 heavy (non-hydrogen) atoms. The molecular weight excluding hydrogens is 254 g/mol. The highest BCUT2D eigenvalue weighted by Gasteiger charge is 1.77. The molecule has 2 N–H and O–H groups in total. The van der Waals surface area contributed by atoms with Crippen LogP contribution in [0.5, 0.6) is 0 Å². The number of carbonyl (C=O) groups is 1. The van der Waals surface area contributed by atoms with Crippen LogP contribution in [0.2, 0.25) is 0 Å². The predicted molar refractivity (Wildman–Crippen MR) is 94.3 cm³/mol. The quantitative estimate of drug-likeness (QED) is 0.340. The molecule has 0 heterocycles. The van der Waals surface area contributed by atoms with Gasteiger partial charge in [0, 0.05) is 6.04 Å². The summed E-state index contributed by atoms with van der Waals surface area (Å²) in [7, 11) is 0. The smallest absolute Gasteiger partial charge is 0.173 e. The lowest BCUT2D eigenvalue weighted by Crippen LogP contribution is -2.09. The maximum absolute atomic E-state index is 8.67. The Balaban J connectivity index is -0.000000103. The molecular formula is C16H31NOS. The Morgan fingerprint density at radius 2 is 1.47 bits per heavy atom. The van der Waals surface area contributed by atoms with Crippen LogP contribution in [0.3, 0.4) is 0 Å². The molecule has 0 aliphatic rings. The van der Waals surface area contributed by atoms with Crippen LogP contribution in [0.15, 0.2) is 49.1 Å². The van der Waals surface area contributed by atoms with Crippen LogP contribution in [0.4, 0.5) is 0 Å². The number of nitrogens with two attached hydrogens (primary N) is 1. The molecule has 0 aliphatic heterocycles. The van der Waals surface area contributed by atoms with Crippen LogP contribution < -0.4 is 5.73 Å². The van der Waals surface area contributed by atoms with Crippen molar-refractivity contribution in [3.8, 4) is 0 Å². The van der Waals surface area contributed by atoms with Crippen LogP contribution in [-0.4, -0.2) is 11.7 Å². The van der Waals surface area contributed by atoms with Crippen LogP contribution in [0.1, 0.15) is 41.0 Å². The summed E-state index contributed by atoms with van der Waals surface area (Å²) >= 11 is 3.11. The van der Waals surface area contributed by atoms with Crippen molar-refractivity contribution in [1.29, 1.82) is 0 Å². The second-order valence-corrected chi connectivity index (χ2v) is 3.59. The summed E-state index contributed by atoms with van der Waals surface area (Å²) in [6, 6.07) is 0.148. The Kier molecular flexibility index (Phi) is 50.1. The molecule has 0 aromatic carbocycles. The molecule has 1 atom stereocenters. The molecule has 0 spiro atoms. The van der Waals surface area contributed by atoms with Gasteiger partial charge in [0.1, 0.15) is 0 Å². The fourth-order valence-electron chi connectivity index (χ4n) is 0.479. The summed E-state index contributed by atoms with van der Waals surface area (Å²) in [5.41, 5.74) is 5.91. The van der Waals surface area contributed by atoms with Crippen molar-refractivity contribution in [2.24, 2.45) is 5.73 Å². The molecule has 0 rings (SSSR count). The number of hydrogen-bond acceptors (Lipinski definition) is 2. The number of hydrogen-bond donors (Lipinski definition) is 2. The van der Waals surface area contributed by atoms with Crippen LogP contribution in [0.25, 0.3) is 0 Å². The maximum Gasteiger partial charge on any atom is 0.173 e. The highest BCUT2D eigenvalue weighted by Crippen LogP contribution is 1.82. The molecule has 0 radical (unpaired) electrons. The zero-order valence-electron chi connectivity index (χ0n) is 13.0. The van der Waals surface area contributed by atoms with E-state index in [-0.39, 0.29) is 6.04 Å². The summed E-state index contributed by atoms with van der Waals surface area (Å²) < 4.78 is 0. The van der Waals surface area contributed by atoms with E-state index in [4.69, 9.17) is 10.5 Å². The molecule has 0 saturated heterocycles. The third-order valence-corrected chi connectivity index (χ3v) is 0.940. The Morgan fingerprint density at radius 3 is 1.74 bits per heavy atom. The Morgan fingerprint density at radius 1 is 1.16 bits per heavy atom. The number of allylic oxidation sites excluding steroid dienone is 6. The monoisotopic (exact) mass is 285 g/mol. The summed E-state index contributed by atoms with van der Waals surface area (Å²) in [5, 5.41) is 0.